The van der Waals surface area contributed by atoms with E-state index in [1.54, 1.807) is 6.20 Å². The molecule has 0 saturated heterocycles. The van der Waals surface area contributed by atoms with Crippen LogP contribution in [0.25, 0.3) is 11.5 Å². The van der Waals surface area contributed by atoms with Crippen LogP contribution in [-0.2, 0) is 6.54 Å². The van der Waals surface area contributed by atoms with E-state index in [0.717, 1.165) is 28.3 Å². The first-order chi connectivity index (χ1) is 11.6. The third kappa shape index (κ3) is 3.93. The van der Waals surface area contributed by atoms with E-state index in [-0.39, 0.29) is 6.04 Å². The second kappa shape index (κ2) is 7.47. The molecule has 24 heavy (non-hydrogen) atoms. The first-order valence-electron chi connectivity index (χ1n) is 8.19. The molecule has 2 heterocycles. The molecular weight excluding hydrogens is 302 g/mol. The summed E-state index contributed by atoms with van der Waals surface area (Å²) in [6.45, 7) is 4.65. The van der Waals surface area contributed by atoms with Crippen LogP contribution in [0.5, 0.6) is 0 Å². The fraction of sp³-hybridized carbons (Fsp3) is 0.316. The smallest absolute Gasteiger partial charge is 0.152 e. The van der Waals surface area contributed by atoms with Crippen LogP contribution in [0, 0.1) is 6.92 Å². The maximum absolute atomic E-state index is 10.3. The summed E-state index contributed by atoms with van der Waals surface area (Å²) in [4.78, 5) is 0. The van der Waals surface area contributed by atoms with Crippen molar-refractivity contribution in [3.8, 4) is 11.5 Å². The Hall–Kier alpha value is -2.37. The van der Waals surface area contributed by atoms with Gasteiger partial charge in [0.05, 0.1) is 12.3 Å². The Bertz CT molecular complexity index is 764. The molecule has 3 rings (SSSR count). The molecule has 0 saturated carbocycles. The van der Waals surface area contributed by atoms with Gasteiger partial charge in [-0.2, -0.15) is 5.10 Å². The van der Waals surface area contributed by atoms with Gasteiger partial charge in [0.1, 0.15) is 11.5 Å². The van der Waals surface area contributed by atoms with Crippen LogP contribution in [0.4, 0.5) is 0 Å². The largest absolute Gasteiger partial charge is 0.460 e. The number of aliphatic hydroxyl groups excluding tert-OH is 1. The predicted molar refractivity (Wildman–Crippen MR) is 93.3 cm³/mol. The zero-order valence-corrected chi connectivity index (χ0v) is 14.0. The number of hydrogen-bond donors (Lipinski definition) is 3. The van der Waals surface area contributed by atoms with E-state index in [9.17, 15) is 5.11 Å². The van der Waals surface area contributed by atoms with Crippen LogP contribution < -0.4 is 5.32 Å². The Labute approximate surface area is 141 Å². The zero-order chi connectivity index (χ0) is 16.9. The monoisotopic (exact) mass is 325 g/mol. The van der Waals surface area contributed by atoms with Gasteiger partial charge in [0, 0.05) is 18.2 Å². The van der Waals surface area contributed by atoms with Gasteiger partial charge in [0.25, 0.3) is 0 Å². The van der Waals surface area contributed by atoms with Gasteiger partial charge in [0.15, 0.2) is 5.76 Å². The Morgan fingerprint density at radius 3 is 2.71 bits per heavy atom. The highest BCUT2D eigenvalue weighted by Gasteiger charge is 2.14. The van der Waals surface area contributed by atoms with Gasteiger partial charge in [-0.25, -0.2) is 0 Å². The molecule has 2 atom stereocenters. The van der Waals surface area contributed by atoms with E-state index >= 15 is 0 Å². The number of aliphatic hydroxyl groups is 1. The average molecular weight is 325 g/mol. The number of aromatic nitrogens is 2. The molecule has 1 aromatic carbocycles. The van der Waals surface area contributed by atoms with Gasteiger partial charge in [-0.1, -0.05) is 30.3 Å². The number of aryl methyl sites for hydroxylation is 1. The van der Waals surface area contributed by atoms with Gasteiger partial charge in [0.2, 0.25) is 0 Å². The minimum absolute atomic E-state index is 0.168. The van der Waals surface area contributed by atoms with E-state index in [2.05, 4.69) is 22.4 Å². The molecule has 2 unspecified atom stereocenters. The minimum Gasteiger partial charge on any atom is -0.460 e. The summed E-state index contributed by atoms with van der Waals surface area (Å²) in [5, 5.41) is 20.9. The Morgan fingerprint density at radius 1 is 1.21 bits per heavy atom. The maximum Gasteiger partial charge on any atom is 0.152 e. The van der Waals surface area contributed by atoms with Crippen LogP contribution in [0.15, 0.2) is 53.1 Å². The highest BCUT2D eigenvalue weighted by molar-refractivity contribution is 5.56. The van der Waals surface area contributed by atoms with Crippen LogP contribution in [-0.4, -0.2) is 21.3 Å². The van der Waals surface area contributed by atoms with Crippen molar-refractivity contribution in [2.24, 2.45) is 0 Å². The number of hydrogen-bond acceptors (Lipinski definition) is 4. The van der Waals surface area contributed by atoms with Gasteiger partial charge in [-0.15, -0.1) is 0 Å². The van der Waals surface area contributed by atoms with E-state index in [1.165, 1.54) is 0 Å². The highest BCUT2D eigenvalue weighted by atomic mass is 16.3. The molecule has 0 aliphatic carbocycles. The minimum atomic E-state index is -0.467. The van der Waals surface area contributed by atoms with Gasteiger partial charge in [-0.05, 0) is 38.0 Å². The molecule has 0 radical (unpaired) electrons. The lowest BCUT2D eigenvalue weighted by Crippen LogP contribution is -2.27. The van der Waals surface area contributed by atoms with E-state index in [0.29, 0.717) is 13.0 Å². The molecule has 5 heteroatoms. The number of nitrogens with one attached hydrogen (secondary N) is 2. The third-order valence-electron chi connectivity index (χ3n) is 4.11. The molecule has 3 N–H and O–H groups in total. The number of aromatic amines is 1. The van der Waals surface area contributed by atoms with Crippen LogP contribution in [0.1, 0.15) is 36.3 Å². The number of rotatable bonds is 7. The van der Waals surface area contributed by atoms with Crippen molar-refractivity contribution in [1.82, 2.24) is 15.5 Å². The summed E-state index contributed by atoms with van der Waals surface area (Å²) in [5.41, 5.74) is 2.89. The van der Waals surface area contributed by atoms with Crippen LogP contribution in [0.3, 0.4) is 0 Å². The van der Waals surface area contributed by atoms with Crippen molar-refractivity contribution in [2.75, 3.05) is 0 Å². The fourth-order valence-corrected chi connectivity index (χ4v) is 2.74. The molecule has 0 fully saturated rings. The lowest BCUT2D eigenvalue weighted by atomic mass is 10.0. The molecular formula is C19H23N3O2. The molecule has 5 nitrogen and oxygen atoms in total. The molecule has 0 amide bonds. The van der Waals surface area contributed by atoms with Crippen molar-refractivity contribution in [2.45, 2.75) is 39.0 Å². The van der Waals surface area contributed by atoms with Gasteiger partial charge < -0.3 is 14.8 Å². The molecule has 0 bridgehead atoms. The number of furan rings is 1. The molecule has 3 aromatic rings. The third-order valence-corrected chi connectivity index (χ3v) is 4.11. The lowest BCUT2D eigenvalue weighted by Gasteiger charge is -2.18. The normalized spacial score (nSPS) is 13.8. The van der Waals surface area contributed by atoms with Gasteiger partial charge in [-0.3, -0.25) is 5.10 Å². The van der Waals surface area contributed by atoms with Crippen LogP contribution >= 0.6 is 0 Å². The quantitative estimate of drug-likeness (QED) is 0.621. The predicted octanol–water partition coefficient (Wildman–Crippen LogP) is 3.58. The molecule has 0 spiro atoms. The molecule has 0 aliphatic heterocycles. The standard InChI is InChI=1S/C19H23N3O2/c1-13(10-17(23)15-6-4-3-5-7-15)20-11-16-12-21-22-19(16)18-9-8-14(2)24-18/h3-9,12-13,17,20,23H,10-11H2,1-2H3,(H,21,22). The Kier molecular flexibility index (Phi) is 5.13. The van der Waals surface area contributed by atoms with Crippen molar-refractivity contribution in [1.29, 1.82) is 0 Å². The van der Waals surface area contributed by atoms with Crippen molar-refractivity contribution in [3.05, 3.63) is 65.5 Å². The zero-order valence-electron chi connectivity index (χ0n) is 14.0. The molecule has 126 valence electrons. The second-order valence-electron chi connectivity index (χ2n) is 6.12. The SMILES string of the molecule is Cc1ccc(-c2[nH]ncc2CNC(C)CC(O)c2ccccc2)o1. The van der Waals surface area contributed by atoms with Crippen molar-refractivity contribution in [3.63, 3.8) is 0 Å². The summed E-state index contributed by atoms with van der Waals surface area (Å²) >= 11 is 0. The van der Waals surface area contributed by atoms with E-state index in [4.69, 9.17) is 4.42 Å². The summed E-state index contributed by atoms with van der Waals surface area (Å²) < 4.78 is 5.66. The highest BCUT2D eigenvalue weighted by Crippen LogP contribution is 2.24. The van der Waals surface area contributed by atoms with E-state index < -0.39 is 6.10 Å². The fourth-order valence-electron chi connectivity index (χ4n) is 2.74. The molecule has 2 aromatic heterocycles. The number of benzene rings is 1. The molecule has 0 aliphatic rings. The van der Waals surface area contributed by atoms with Gasteiger partial charge >= 0.3 is 0 Å². The summed E-state index contributed by atoms with van der Waals surface area (Å²) in [6, 6.07) is 13.8. The first-order valence-corrected chi connectivity index (χ1v) is 8.19. The summed E-state index contributed by atoms with van der Waals surface area (Å²) in [5.74, 6) is 1.66. The van der Waals surface area contributed by atoms with Crippen LogP contribution in [0.2, 0.25) is 0 Å². The summed E-state index contributed by atoms with van der Waals surface area (Å²) in [6.07, 6.45) is 1.99. The van der Waals surface area contributed by atoms with Crippen molar-refractivity contribution >= 4 is 0 Å². The lowest BCUT2D eigenvalue weighted by molar-refractivity contribution is 0.154. The summed E-state index contributed by atoms with van der Waals surface area (Å²) in [7, 11) is 0. The average Bonchev–Trinajstić information content (AvgIpc) is 3.22. The number of H-pyrrole nitrogens is 1. The second-order valence-corrected chi connectivity index (χ2v) is 6.12. The Morgan fingerprint density at radius 2 is 2.00 bits per heavy atom. The van der Waals surface area contributed by atoms with E-state index in [1.807, 2.05) is 49.4 Å². The first kappa shape index (κ1) is 16.5. The van der Waals surface area contributed by atoms with Crippen molar-refractivity contribution < 1.29 is 9.52 Å². The number of nitrogens with zero attached hydrogens (tertiary/aromatic N) is 1. The maximum atomic E-state index is 10.3. The Balaban J connectivity index is 1.57. The topological polar surface area (TPSA) is 74.1 Å².